The van der Waals surface area contributed by atoms with Crippen LogP contribution in [0.25, 0.3) is 0 Å². The fourth-order valence-corrected chi connectivity index (χ4v) is 3.17. The minimum Gasteiger partial charge on any atom is -0.379 e. The predicted octanol–water partition coefficient (Wildman–Crippen LogP) is 0.00200. The van der Waals surface area contributed by atoms with Crippen LogP contribution < -0.4 is 10.6 Å². The number of morpholine rings is 1. The molecule has 1 fully saturated rings. The standard InChI is InChI=1S/C13H28N4O3S/c1-5-14-12(16-13(2,3)4)15-6-11-21(18,19)17-7-9-20-10-8-17/h5-11H2,1-4H3,(H2,14,15,16). The van der Waals surface area contributed by atoms with Gasteiger partial charge in [-0.25, -0.2) is 8.42 Å². The lowest BCUT2D eigenvalue weighted by Gasteiger charge is -2.26. The van der Waals surface area contributed by atoms with Gasteiger partial charge >= 0.3 is 0 Å². The second-order valence-electron chi connectivity index (χ2n) is 5.96. The van der Waals surface area contributed by atoms with Crippen molar-refractivity contribution < 1.29 is 13.2 Å². The van der Waals surface area contributed by atoms with Gasteiger partial charge in [-0.1, -0.05) is 0 Å². The molecule has 1 aliphatic heterocycles. The second kappa shape index (κ2) is 7.95. The van der Waals surface area contributed by atoms with E-state index in [2.05, 4.69) is 15.6 Å². The molecule has 0 aliphatic carbocycles. The van der Waals surface area contributed by atoms with Gasteiger partial charge in [-0.05, 0) is 27.7 Å². The van der Waals surface area contributed by atoms with E-state index in [1.54, 1.807) is 0 Å². The van der Waals surface area contributed by atoms with Crippen LogP contribution in [0.5, 0.6) is 0 Å². The minimum absolute atomic E-state index is 0.0215. The van der Waals surface area contributed by atoms with Crippen molar-refractivity contribution in [3.63, 3.8) is 0 Å². The quantitative estimate of drug-likeness (QED) is 0.550. The predicted molar refractivity (Wildman–Crippen MR) is 85.0 cm³/mol. The zero-order chi connectivity index (χ0) is 15.9. The molecule has 0 radical (unpaired) electrons. The fraction of sp³-hybridized carbons (Fsp3) is 0.923. The first-order valence-corrected chi connectivity index (χ1v) is 8.97. The van der Waals surface area contributed by atoms with Gasteiger partial charge in [-0.15, -0.1) is 0 Å². The molecular weight excluding hydrogens is 292 g/mol. The van der Waals surface area contributed by atoms with Crippen LogP contribution in [0, 0.1) is 0 Å². The first-order valence-electron chi connectivity index (χ1n) is 7.36. The zero-order valence-corrected chi connectivity index (χ0v) is 14.3. The Bertz CT molecular complexity index is 437. The average molecular weight is 320 g/mol. The Kier molecular flexibility index (Phi) is 6.89. The lowest BCUT2D eigenvalue weighted by atomic mass is 10.1. The van der Waals surface area contributed by atoms with E-state index in [1.807, 2.05) is 27.7 Å². The third kappa shape index (κ3) is 7.10. The lowest BCUT2D eigenvalue weighted by Crippen LogP contribution is -2.48. The molecule has 2 N–H and O–H groups in total. The lowest BCUT2D eigenvalue weighted by molar-refractivity contribution is 0.0731. The maximum Gasteiger partial charge on any atom is 0.216 e. The minimum atomic E-state index is -3.25. The summed E-state index contributed by atoms with van der Waals surface area (Å²) in [6.07, 6.45) is 0. The molecule has 0 aromatic heterocycles. The summed E-state index contributed by atoms with van der Waals surface area (Å²) in [7, 11) is -3.25. The van der Waals surface area contributed by atoms with Crippen LogP contribution in [0.15, 0.2) is 4.99 Å². The van der Waals surface area contributed by atoms with Crippen molar-refractivity contribution in [1.29, 1.82) is 0 Å². The van der Waals surface area contributed by atoms with Gasteiger partial charge < -0.3 is 15.4 Å². The van der Waals surface area contributed by atoms with Gasteiger partial charge in [0.1, 0.15) is 0 Å². The summed E-state index contributed by atoms with van der Waals surface area (Å²) in [5, 5.41) is 6.35. The number of hydrogen-bond acceptors (Lipinski definition) is 4. The average Bonchev–Trinajstić information content (AvgIpc) is 2.38. The van der Waals surface area contributed by atoms with Crippen molar-refractivity contribution in [3.8, 4) is 0 Å². The van der Waals surface area contributed by atoms with E-state index in [-0.39, 0.29) is 17.8 Å². The molecule has 0 unspecified atom stereocenters. The van der Waals surface area contributed by atoms with E-state index >= 15 is 0 Å². The van der Waals surface area contributed by atoms with Gasteiger partial charge in [0.25, 0.3) is 0 Å². The monoisotopic (exact) mass is 320 g/mol. The maximum atomic E-state index is 12.2. The summed E-state index contributed by atoms with van der Waals surface area (Å²) in [5.41, 5.74) is -0.121. The Balaban J connectivity index is 2.56. The van der Waals surface area contributed by atoms with Crippen LogP contribution in [0.4, 0.5) is 0 Å². The van der Waals surface area contributed by atoms with Crippen LogP contribution in [-0.2, 0) is 14.8 Å². The number of guanidine groups is 1. The third-order valence-corrected chi connectivity index (χ3v) is 4.67. The van der Waals surface area contributed by atoms with E-state index in [9.17, 15) is 8.42 Å². The van der Waals surface area contributed by atoms with Crippen molar-refractivity contribution in [3.05, 3.63) is 0 Å². The van der Waals surface area contributed by atoms with E-state index in [0.717, 1.165) is 6.54 Å². The summed E-state index contributed by atoms with van der Waals surface area (Å²) in [6.45, 7) is 10.9. The molecule has 0 aromatic rings. The Hall–Kier alpha value is -0.860. The van der Waals surface area contributed by atoms with Crippen LogP contribution in [0.3, 0.4) is 0 Å². The number of nitrogens with one attached hydrogen (secondary N) is 2. The number of ether oxygens (including phenoxy) is 1. The van der Waals surface area contributed by atoms with Gasteiger partial charge in [0.2, 0.25) is 10.0 Å². The molecule has 0 atom stereocenters. The molecule has 124 valence electrons. The van der Waals surface area contributed by atoms with Crippen LogP contribution >= 0.6 is 0 Å². The molecule has 0 bridgehead atoms. The van der Waals surface area contributed by atoms with Gasteiger partial charge in [0.15, 0.2) is 5.96 Å². The molecule has 7 nitrogen and oxygen atoms in total. The highest BCUT2D eigenvalue weighted by Crippen LogP contribution is 2.05. The van der Waals surface area contributed by atoms with E-state index in [0.29, 0.717) is 32.3 Å². The highest BCUT2D eigenvalue weighted by molar-refractivity contribution is 7.89. The molecule has 1 aliphatic rings. The summed E-state index contributed by atoms with van der Waals surface area (Å²) in [5.74, 6) is 0.662. The van der Waals surface area contributed by atoms with Gasteiger partial charge in [0, 0.05) is 25.2 Å². The van der Waals surface area contributed by atoms with Crippen LogP contribution in [0.1, 0.15) is 27.7 Å². The molecular formula is C13H28N4O3S. The Morgan fingerprint density at radius 3 is 2.43 bits per heavy atom. The number of rotatable bonds is 5. The molecule has 8 heteroatoms. The first kappa shape index (κ1) is 18.2. The highest BCUT2D eigenvalue weighted by Gasteiger charge is 2.23. The molecule has 1 saturated heterocycles. The van der Waals surface area contributed by atoms with E-state index < -0.39 is 10.0 Å². The fourth-order valence-electron chi connectivity index (χ4n) is 1.89. The smallest absolute Gasteiger partial charge is 0.216 e. The number of sulfonamides is 1. The molecule has 0 amide bonds. The molecule has 21 heavy (non-hydrogen) atoms. The summed E-state index contributed by atoms with van der Waals surface area (Å²) in [4.78, 5) is 4.34. The summed E-state index contributed by atoms with van der Waals surface area (Å²) < 4.78 is 31.0. The highest BCUT2D eigenvalue weighted by atomic mass is 32.2. The van der Waals surface area contributed by atoms with Crippen molar-refractivity contribution in [2.24, 2.45) is 4.99 Å². The van der Waals surface area contributed by atoms with Gasteiger partial charge in [0.05, 0.1) is 25.5 Å². The zero-order valence-electron chi connectivity index (χ0n) is 13.5. The Morgan fingerprint density at radius 2 is 1.90 bits per heavy atom. The van der Waals surface area contributed by atoms with Crippen molar-refractivity contribution >= 4 is 16.0 Å². The topological polar surface area (TPSA) is 83.0 Å². The van der Waals surface area contributed by atoms with Crippen LogP contribution in [0.2, 0.25) is 0 Å². The van der Waals surface area contributed by atoms with Crippen molar-refractivity contribution in [2.75, 3.05) is 45.1 Å². The number of hydrogen-bond donors (Lipinski definition) is 2. The molecule has 1 rings (SSSR count). The normalized spacial score (nSPS) is 18.6. The summed E-state index contributed by atoms with van der Waals surface area (Å²) >= 11 is 0. The number of aliphatic imine (C=N–C) groups is 1. The van der Waals surface area contributed by atoms with E-state index in [1.165, 1.54) is 4.31 Å². The van der Waals surface area contributed by atoms with Gasteiger partial charge in [-0.3, -0.25) is 4.99 Å². The van der Waals surface area contributed by atoms with Crippen molar-refractivity contribution in [2.45, 2.75) is 33.2 Å². The molecule has 0 aromatic carbocycles. The maximum absolute atomic E-state index is 12.2. The molecule has 0 saturated carbocycles. The first-order chi connectivity index (χ1) is 9.74. The third-order valence-electron chi connectivity index (χ3n) is 2.82. The Labute approximate surface area is 128 Å². The molecule has 0 spiro atoms. The van der Waals surface area contributed by atoms with Crippen molar-refractivity contribution in [1.82, 2.24) is 14.9 Å². The largest absolute Gasteiger partial charge is 0.379 e. The molecule has 1 heterocycles. The number of nitrogens with zero attached hydrogens (tertiary/aromatic N) is 2. The van der Waals surface area contributed by atoms with E-state index in [4.69, 9.17) is 4.74 Å². The Morgan fingerprint density at radius 1 is 1.29 bits per heavy atom. The summed E-state index contributed by atoms with van der Waals surface area (Å²) in [6, 6.07) is 0. The van der Waals surface area contributed by atoms with Gasteiger partial charge in [-0.2, -0.15) is 4.31 Å². The second-order valence-corrected chi connectivity index (χ2v) is 8.05. The SMILES string of the molecule is CCNC(=NCCS(=O)(=O)N1CCOCC1)NC(C)(C)C. The van der Waals surface area contributed by atoms with Crippen LogP contribution in [-0.4, -0.2) is 69.4 Å².